The molecular formula is C8H9N3OS. The van der Waals surface area contributed by atoms with Crippen LogP contribution in [-0.4, -0.2) is 19.7 Å². The van der Waals surface area contributed by atoms with Gasteiger partial charge in [0.15, 0.2) is 0 Å². The Kier molecular flexibility index (Phi) is 1.97. The number of rotatable bonds is 1. The van der Waals surface area contributed by atoms with Crippen molar-refractivity contribution in [2.75, 3.05) is 0 Å². The van der Waals surface area contributed by atoms with Crippen LogP contribution in [0.3, 0.4) is 0 Å². The topological polar surface area (TPSA) is 58.9 Å². The zero-order valence-corrected chi connectivity index (χ0v) is 8.22. The Bertz CT molecular complexity index is 452. The second-order valence-corrected chi connectivity index (χ2v) is 3.63. The molecule has 2 aromatic rings. The molecule has 0 aliphatic carbocycles. The van der Waals surface area contributed by atoms with Crippen LogP contribution in [0.4, 0.5) is 0 Å². The first-order valence-corrected chi connectivity index (χ1v) is 4.70. The van der Waals surface area contributed by atoms with Gasteiger partial charge in [-0.2, -0.15) is 0 Å². The third-order valence-electron chi connectivity index (χ3n) is 2.06. The van der Waals surface area contributed by atoms with Crippen LogP contribution in [0.15, 0.2) is 0 Å². The highest BCUT2D eigenvalue weighted by atomic mass is 32.1. The summed E-state index contributed by atoms with van der Waals surface area (Å²) in [4.78, 5) is 4.27. The number of aliphatic hydroxyl groups excluding tert-OH is 1. The molecule has 0 amide bonds. The Morgan fingerprint density at radius 1 is 1.38 bits per heavy atom. The number of hydrogen-bond donors (Lipinski definition) is 1. The van der Waals surface area contributed by atoms with E-state index in [0.29, 0.717) is 5.69 Å². The van der Waals surface area contributed by atoms with Gasteiger partial charge in [-0.3, -0.25) is 4.98 Å². The minimum atomic E-state index is -0.0415. The molecule has 13 heavy (non-hydrogen) atoms. The van der Waals surface area contributed by atoms with Gasteiger partial charge in [-0.15, -0.1) is 5.10 Å². The minimum Gasteiger partial charge on any atom is -0.390 e. The minimum absolute atomic E-state index is 0.0415. The first-order chi connectivity index (χ1) is 6.24. The molecule has 0 unspecified atom stereocenters. The molecule has 0 radical (unpaired) electrons. The summed E-state index contributed by atoms with van der Waals surface area (Å²) in [5, 5.41) is 13.0. The lowest BCUT2D eigenvalue weighted by molar-refractivity contribution is 0.276. The number of pyridine rings is 1. The quantitative estimate of drug-likeness (QED) is 0.742. The van der Waals surface area contributed by atoms with Crippen molar-refractivity contribution in [3.05, 3.63) is 17.0 Å². The van der Waals surface area contributed by atoms with Gasteiger partial charge in [0.05, 0.1) is 22.7 Å². The second-order valence-electron chi connectivity index (χ2n) is 2.88. The van der Waals surface area contributed by atoms with E-state index in [2.05, 4.69) is 14.6 Å². The highest BCUT2D eigenvalue weighted by Gasteiger charge is 2.10. The lowest BCUT2D eigenvalue weighted by Gasteiger charge is -2.02. The molecular weight excluding hydrogens is 186 g/mol. The third kappa shape index (κ3) is 1.20. The van der Waals surface area contributed by atoms with Gasteiger partial charge < -0.3 is 5.11 Å². The number of nitrogens with zero attached hydrogens (tertiary/aromatic N) is 3. The lowest BCUT2D eigenvalue weighted by Crippen LogP contribution is -1.97. The number of aromatic nitrogens is 3. The molecule has 0 fully saturated rings. The van der Waals surface area contributed by atoms with E-state index in [1.807, 2.05) is 13.8 Å². The first-order valence-electron chi connectivity index (χ1n) is 3.93. The summed E-state index contributed by atoms with van der Waals surface area (Å²) in [6, 6.07) is 0. The summed E-state index contributed by atoms with van der Waals surface area (Å²) in [6.45, 7) is 3.77. The normalized spacial score (nSPS) is 11.0. The average molecular weight is 195 g/mol. The molecule has 2 rings (SSSR count). The predicted molar refractivity (Wildman–Crippen MR) is 50.6 cm³/mol. The summed E-state index contributed by atoms with van der Waals surface area (Å²) in [5.74, 6) is 0. The van der Waals surface area contributed by atoms with Gasteiger partial charge in [0.25, 0.3) is 0 Å². The van der Waals surface area contributed by atoms with E-state index in [4.69, 9.17) is 5.11 Å². The molecule has 2 heterocycles. The van der Waals surface area contributed by atoms with Gasteiger partial charge >= 0.3 is 0 Å². The summed E-state index contributed by atoms with van der Waals surface area (Å²) in [7, 11) is 0. The van der Waals surface area contributed by atoms with Crippen LogP contribution in [0.1, 0.15) is 17.0 Å². The molecule has 0 saturated carbocycles. The Morgan fingerprint density at radius 3 is 2.85 bits per heavy atom. The number of aliphatic hydroxyl groups is 1. The molecule has 68 valence electrons. The first kappa shape index (κ1) is 8.52. The fourth-order valence-electron chi connectivity index (χ4n) is 1.30. The van der Waals surface area contributed by atoms with Gasteiger partial charge in [0, 0.05) is 5.56 Å². The van der Waals surface area contributed by atoms with E-state index < -0.39 is 0 Å². The molecule has 1 N–H and O–H groups in total. The Hall–Kier alpha value is -1.07. The van der Waals surface area contributed by atoms with Gasteiger partial charge in [-0.25, -0.2) is 0 Å². The van der Waals surface area contributed by atoms with Crippen molar-refractivity contribution in [3.63, 3.8) is 0 Å². The van der Waals surface area contributed by atoms with Crippen molar-refractivity contribution in [3.8, 4) is 0 Å². The number of hydrogen-bond acceptors (Lipinski definition) is 5. The largest absolute Gasteiger partial charge is 0.390 e. The zero-order valence-electron chi connectivity index (χ0n) is 7.40. The molecule has 5 heteroatoms. The maximum atomic E-state index is 9.03. The van der Waals surface area contributed by atoms with E-state index >= 15 is 0 Å². The van der Waals surface area contributed by atoms with Gasteiger partial charge in [0.2, 0.25) is 0 Å². The SMILES string of the molecule is Cc1c(CO)nc(C)c2snnc12. The van der Waals surface area contributed by atoms with E-state index in [1.54, 1.807) is 0 Å². The monoisotopic (exact) mass is 195 g/mol. The van der Waals surface area contributed by atoms with Crippen molar-refractivity contribution < 1.29 is 5.11 Å². The molecule has 0 aromatic carbocycles. The van der Waals surface area contributed by atoms with Gasteiger partial charge in [-0.05, 0) is 25.4 Å². The molecule has 0 aliphatic rings. The summed E-state index contributed by atoms with van der Waals surface area (Å²) in [6.07, 6.45) is 0. The Balaban J connectivity index is 2.85. The van der Waals surface area contributed by atoms with Gasteiger partial charge in [0.1, 0.15) is 5.52 Å². The molecule has 0 spiro atoms. The number of fused-ring (bicyclic) bond motifs is 1. The summed E-state index contributed by atoms with van der Waals surface area (Å²) >= 11 is 1.34. The smallest absolute Gasteiger partial charge is 0.112 e. The van der Waals surface area contributed by atoms with Gasteiger partial charge in [-0.1, -0.05) is 4.49 Å². The standard InChI is InChI=1S/C8H9N3OS/c1-4-6(3-12)9-5(2)8-7(4)10-11-13-8/h12H,3H2,1-2H3. The van der Waals surface area contributed by atoms with E-state index in [0.717, 1.165) is 21.5 Å². The van der Waals surface area contributed by atoms with Crippen LogP contribution in [-0.2, 0) is 6.61 Å². The van der Waals surface area contributed by atoms with Crippen molar-refractivity contribution in [2.45, 2.75) is 20.5 Å². The van der Waals surface area contributed by atoms with E-state index in [9.17, 15) is 0 Å². The zero-order chi connectivity index (χ0) is 9.42. The lowest BCUT2D eigenvalue weighted by atomic mass is 10.2. The molecule has 2 aromatic heterocycles. The molecule has 4 nitrogen and oxygen atoms in total. The highest BCUT2D eigenvalue weighted by molar-refractivity contribution is 7.13. The van der Waals surface area contributed by atoms with Crippen molar-refractivity contribution in [1.29, 1.82) is 0 Å². The summed E-state index contributed by atoms with van der Waals surface area (Å²) in [5.41, 5.74) is 3.37. The average Bonchev–Trinajstić information content (AvgIpc) is 2.60. The van der Waals surface area contributed by atoms with Crippen LogP contribution in [0, 0.1) is 13.8 Å². The van der Waals surface area contributed by atoms with Crippen molar-refractivity contribution in [2.24, 2.45) is 0 Å². The van der Waals surface area contributed by atoms with Crippen LogP contribution in [0.5, 0.6) is 0 Å². The van der Waals surface area contributed by atoms with Crippen molar-refractivity contribution in [1.82, 2.24) is 14.6 Å². The Morgan fingerprint density at radius 2 is 2.15 bits per heavy atom. The Labute approximate surface area is 79.4 Å². The molecule has 0 saturated heterocycles. The maximum Gasteiger partial charge on any atom is 0.112 e. The van der Waals surface area contributed by atoms with Crippen molar-refractivity contribution >= 4 is 21.7 Å². The van der Waals surface area contributed by atoms with Crippen LogP contribution in [0.2, 0.25) is 0 Å². The number of aryl methyl sites for hydroxylation is 2. The third-order valence-corrected chi connectivity index (χ3v) is 2.89. The van der Waals surface area contributed by atoms with Crippen LogP contribution >= 0.6 is 11.5 Å². The molecule has 0 bridgehead atoms. The second kappa shape index (κ2) is 3.01. The fourth-order valence-corrected chi connectivity index (χ4v) is 1.96. The predicted octanol–water partition coefficient (Wildman–Crippen LogP) is 1.20. The van der Waals surface area contributed by atoms with Crippen LogP contribution in [0.25, 0.3) is 10.2 Å². The molecule has 0 atom stereocenters. The fraction of sp³-hybridized carbons (Fsp3) is 0.375. The van der Waals surface area contributed by atoms with E-state index in [-0.39, 0.29) is 6.61 Å². The van der Waals surface area contributed by atoms with E-state index in [1.165, 1.54) is 11.5 Å². The summed E-state index contributed by atoms with van der Waals surface area (Å²) < 4.78 is 4.88. The molecule has 0 aliphatic heterocycles. The maximum absolute atomic E-state index is 9.03. The van der Waals surface area contributed by atoms with Crippen LogP contribution < -0.4 is 0 Å². The highest BCUT2D eigenvalue weighted by Crippen LogP contribution is 2.23.